The summed E-state index contributed by atoms with van der Waals surface area (Å²) in [6, 6.07) is 37.4. The summed E-state index contributed by atoms with van der Waals surface area (Å²) in [5, 5.41) is 22.2. The maximum Gasteiger partial charge on any atom is 0.355 e. The highest BCUT2D eigenvalue weighted by molar-refractivity contribution is 7.22. The number of benzene rings is 5. The molecule has 3 aliphatic heterocycles. The van der Waals surface area contributed by atoms with Crippen LogP contribution >= 0.6 is 11.3 Å². The molecule has 0 aliphatic carbocycles. The van der Waals surface area contributed by atoms with Crippen LogP contribution in [0.15, 0.2) is 115 Å². The van der Waals surface area contributed by atoms with Crippen molar-refractivity contribution in [2.24, 2.45) is 7.05 Å². The van der Waals surface area contributed by atoms with Crippen LogP contribution in [0.2, 0.25) is 0 Å². The molecule has 8 aromatic rings. The van der Waals surface area contributed by atoms with E-state index in [2.05, 4.69) is 55.7 Å². The van der Waals surface area contributed by atoms with E-state index in [1.54, 1.807) is 0 Å². The van der Waals surface area contributed by atoms with Gasteiger partial charge in [-0.15, -0.1) is 0 Å². The number of hydrogen-bond acceptors (Lipinski definition) is 12. The van der Waals surface area contributed by atoms with E-state index in [-0.39, 0.29) is 23.4 Å². The maximum atomic E-state index is 13.7. The zero-order chi connectivity index (χ0) is 49.5. The van der Waals surface area contributed by atoms with Gasteiger partial charge in [0.15, 0.2) is 10.8 Å². The SMILES string of the molecule is Cc1c(Oc2ccc(CCCN3CCN(c4ccc5c(C6CCC(=O)NC6=O)nn(C)c5c4)CC3)cc2)cccc1-c1ccc(N2CCc3cccc(C(=O)Nc4nc5ccccc5s4)c3C2)nc1C(=O)O. The van der Waals surface area contributed by atoms with Gasteiger partial charge in [0, 0.05) is 74.9 Å². The average molecular weight is 980 g/mol. The number of amides is 3. The number of carbonyl (C=O) groups is 4. The molecule has 16 heteroatoms. The first kappa shape index (κ1) is 46.4. The Hall–Kier alpha value is -7.95. The maximum absolute atomic E-state index is 13.7. The second-order valence-electron chi connectivity index (χ2n) is 18.7. The zero-order valence-corrected chi connectivity index (χ0v) is 40.9. The van der Waals surface area contributed by atoms with E-state index >= 15 is 0 Å². The number of anilines is 3. The van der Waals surface area contributed by atoms with Gasteiger partial charge in [-0.3, -0.25) is 34.6 Å². The molecule has 15 nitrogen and oxygen atoms in total. The van der Waals surface area contributed by atoms with Gasteiger partial charge in [0.05, 0.1) is 27.3 Å². The van der Waals surface area contributed by atoms with Gasteiger partial charge in [0.25, 0.3) is 5.91 Å². The smallest absolute Gasteiger partial charge is 0.355 e. The third-order valence-electron chi connectivity index (χ3n) is 14.3. The number of aromatic carboxylic acids is 1. The van der Waals surface area contributed by atoms with E-state index in [4.69, 9.17) is 14.8 Å². The van der Waals surface area contributed by atoms with Crippen molar-refractivity contribution in [2.75, 3.05) is 54.4 Å². The lowest BCUT2D eigenvalue weighted by Crippen LogP contribution is -2.46. The molecule has 11 rings (SSSR count). The van der Waals surface area contributed by atoms with Gasteiger partial charge >= 0.3 is 5.97 Å². The summed E-state index contributed by atoms with van der Waals surface area (Å²) in [6.07, 6.45) is 3.44. The number of nitrogens with zero attached hydrogens (tertiary/aromatic N) is 7. The summed E-state index contributed by atoms with van der Waals surface area (Å²) < 4.78 is 9.25. The van der Waals surface area contributed by atoms with E-state index in [0.717, 1.165) is 94.8 Å². The molecular weight excluding hydrogens is 927 g/mol. The van der Waals surface area contributed by atoms with Crippen molar-refractivity contribution in [3.63, 3.8) is 0 Å². The Bertz CT molecular complexity index is 3380. The van der Waals surface area contributed by atoms with Crippen LogP contribution in [0, 0.1) is 6.92 Å². The number of aryl methyl sites for hydroxylation is 2. The molecule has 3 aliphatic rings. The van der Waals surface area contributed by atoms with Gasteiger partial charge in [-0.05, 0) is 134 Å². The number of piperazine rings is 1. The molecule has 3 aromatic heterocycles. The van der Waals surface area contributed by atoms with Crippen LogP contribution in [-0.2, 0) is 36.0 Å². The molecule has 6 heterocycles. The van der Waals surface area contributed by atoms with Gasteiger partial charge < -0.3 is 19.6 Å². The van der Waals surface area contributed by atoms with Gasteiger partial charge in [0.1, 0.15) is 17.3 Å². The number of rotatable bonds is 13. The minimum Gasteiger partial charge on any atom is -0.476 e. The number of imide groups is 1. The molecule has 72 heavy (non-hydrogen) atoms. The molecule has 364 valence electrons. The molecule has 2 fully saturated rings. The predicted molar refractivity (Wildman–Crippen MR) is 279 cm³/mol. The van der Waals surface area contributed by atoms with Crippen molar-refractivity contribution >= 4 is 72.8 Å². The van der Waals surface area contributed by atoms with Crippen LogP contribution in [0.5, 0.6) is 11.5 Å². The summed E-state index contributed by atoms with van der Waals surface area (Å²) in [5.74, 6) is -0.443. The number of thiazole rings is 1. The minimum absolute atomic E-state index is 0.0576. The summed E-state index contributed by atoms with van der Waals surface area (Å²) in [5.41, 5.74) is 9.37. The summed E-state index contributed by atoms with van der Waals surface area (Å²) >= 11 is 1.43. The van der Waals surface area contributed by atoms with Gasteiger partial charge in [-0.25, -0.2) is 14.8 Å². The molecule has 0 saturated carbocycles. The molecule has 1 atom stereocenters. The fraction of sp³-hybridized carbons (Fsp3) is 0.268. The first-order valence-electron chi connectivity index (χ1n) is 24.4. The molecule has 3 N–H and O–H groups in total. The van der Waals surface area contributed by atoms with E-state index in [9.17, 15) is 24.3 Å². The zero-order valence-electron chi connectivity index (χ0n) is 40.1. The number of aromatic nitrogens is 4. The topological polar surface area (TPSA) is 175 Å². The highest BCUT2D eigenvalue weighted by atomic mass is 32.1. The third-order valence-corrected chi connectivity index (χ3v) is 15.2. The second-order valence-corrected chi connectivity index (χ2v) is 19.8. The lowest BCUT2D eigenvalue weighted by atomic mass is 9.93. The first-order chi connectivity index (χ1) is 35.0. The Morgan fingerprint density at radius 2 is 1.67 bits per heavy atom. The van der Waals surface area contributed by atoms with E-state index < -0.39 is 11.9 Å². The van der Waals surface area contributed by atoms with Crippen molar-refractivity contribution in [1.82, 2.24) is 30.0 Å². The summed E-state index contributed by atoms with van der Waals surface area (Å²) in [7, 11) is 1.90. The second kappa shape index (κ2) is 19.7. The largest absolute Gasteiger partial charge is 0.476 e. The van der Waals surface area contributed by atoms with Gasteiger partial charge in [-0.2, -0.15) is 5.10 Å². The Morgan fingerprint density at radius 1 is 0.847 bits per heavy atom. The van der Waals surface area contributed by atoms with Crippen molar-refractivity contribution in [1.29, 1.82) is 0 Å². The molecule has 2 saturated heterocycles. The molecule has 5 aromatic carbocycles. The van der Waals surface area contributed by atoms with Crippen molar-refractivity contribution in [3.05, 3.63) is 154 Å². The standard InChI is InChI=1S/C56H53N9O6S/c1-34-39(40-21-23-49(58-52(40)55(69)70)65-27-25-36-9-5-11-41(44(36)33-65)53(67)60-56-57-45-12-3-4-14-48(45)72-56)10-6-13-47(34)71-38-18-15-35(16-19-38)8-7-26-63-28-30-64(31-29-63)37-17-20-42-46(32-37)62(2)61-51(42)43-22-24-50(66)59-54(43)68/h3-6,9-21,23,32,43H,7-8,22,24-31,33H2,1-2H3,(H,69,70)(H,57,60,67)(H,59,66,68). The van der Waals surface area contributed by atoms with E-state index in [1.807, 2.05) is 108 Å². The number of nitrogens with one attached hydrogen (secondary N) is 2. The molecule has 1 unspecified atom stereocenters. The van der Waals surface area contributed by atoms with E-state index in [0.29, 0.717) is 71.5 Å². The van der Waals surface area contributed by atoms with Crippen LogP contribution < -0.4 is 25.2 Å². The fourth-order valence-electron chi connectivity index (χ4n) is 10.4. The van der Waals surface area contributed by atoms with E-state index in [1.165, 1.54) is 16.9 Å². The van der Waals surface area contributed by atoms with Crippen LogP contribution in [-0.4, -0.2) is 92.7 Å². The van der Waals surface area contributed by atoms with Gasteiger partial charge in [0.2, 0.25) is 11.8 Å². The number of pyridine rings is 1. The predicted octanol–water partition coefficient (Wildman–Crippen LogP) is 9.13. The highest BCUT2D eigenvalue weighted by Gasteiger charge is 2.32. The Morgan fingerprint density at radius 3 is 2.47 bits per heavy atom. The Labute approximate surface area is 420 Å². The number of piperidine rings is 1. The van der Waals surface area contributed by atoms with Crippen LogP contribution in [0.1, 0.15) is 74.0 Å². The van der Waals surface area contributed by atoms with Crippen LogP contribution in [0.3, 0.4) is 0 Å². The van der Waals surface area contributed by atoms with Crippen LogP contribution in [0.25, 0.3) is 32.2 Å². The highest BCUT2D eigenvalue weighted by Crippen LogP contribution is 2.37. The monoisotopic (exact) mass is 979 g/mol. The number of hydrogen-bond donors (Lipinski definition) is 3. The first-order valence-corrected chi connectivity index (χ1v) is 25.3. The normalized spacial score (nSPS) is 16.2. The molecular formula is C56H53N9O6S. The van der Waals surface area contributed by atoms with Crippen LogP contribution in [0.4, 0.5) is 16.6 Å². The van der Waals surface area contributed by atoms with Crippen molar-refractivity contribution < 1.29 is 29.0 Å². The number of ether oxygens (including phenoxy) is 1. The number of carbonyl (C=O) groups excluding carboxylic acids is 3. The van der Waals surface area contributed by atoms with Crippen molar-refractivity contribution in [2.45, 2.75) is 51.5 Å². The molecule has 0 radical (unpaired) electrons. The Kier molecular flexibility index (Phi) is 12.7. The van der Waals surface area contributed by atoms with Gasteiger partial charge in [-0.1, -0.05) is 59.9 Å². The number of carboxylic acid groups (broad SMARTS) is 1. The summed E-state index contributed by atoms with van der Waals surface area (Å²) in [6.45, 7) is 7.71. The lowest BCUT2D eigenvalue weighted by Gasteiger charge is -2.36. The number of carboxylic acids is 1. The fourth-order valence-corrected chi connectivity index (χ4v) is 11.2. The number of para-hydroxylation sites is 1. The quantitative estimate of drug-likeness (QED) is 0.0937. The number of fused-ring (bicyclic) bond motifs is 3. The third kappa shape index (κ3) is 9.38. The molecule has 3 amide bonds. The minimum atomic E-state index is -1.13. The van der Waals surface area contributed by atoms with Crippen molar-refractivity contribution in [3.8, 4) is 22.6 Å². The Balaban J connectivity index is 0.693. The lowest BCUT2D eigenvalue weighted by molar-refractivity contribution is -0.134. The molecule has 0 spiro atoms. The summed E-state index contributed by atoms with van der Waals surface area (Å²) in [4.78, 5) is 67.1. The average Bonchev–Trinajstić information content (AvgIpc) is 3.96. The molecule has 0 bridgehead atoms.